The predicted molar refractivity (Wildman–Crippen MR) is 39.9 cm³/mol. The van der Waals surface area contributed by atoms with Crippen LogP contribution in [0.1, 0.15) is 12.8 Å². The van der Waals surface area contributed by atoms with Crippen LogP contribution >= 0.6 is 0 Å². The van der Waals surface area contributed by atoms with Crippen LogP contribution in [0.25, 0.3) is 0 Å². The smallest absolute Gasteiger partial charge is 0.0174 e. The summed E-state index contributed by atoms with van der Waals surface area (Å²) in [5.41, 5.74) is 0. The van der Waals surface area contributed by atoms with Gasteiger partial charge in [-0.15, -0.1) is 0 Å². The molecule has 9 heavy (non-hydrogen) atoms. The van der Waals surface area contributed by atoms with Gasteiger partial charge in [-0.3, -0.25) is 0 Å². The highest BCUT2D eigenvalue weighted by Gasteiger charge is 2.11. The van der Waals surface area contributed by atoms with Crippen LogP contribution in [-0.2, 0) is 0 Å². The van der Waals surface area contributed by atoms with Gasteiger partial charge in [0.15, 0.2) is 0 Å². The van der Waals surface area contributed by atoms with Crippen LogP contribution in [0.5, 0.6) is 0 Å². The highest BCUT2D eigenvalue weighted by molar-refractivity contribution is 4.79. The van der Waals surface area contributed by atoms with Gasteiger partial charge in [0.1, 0.15) is 0 Å². The first kappa shape index (κ1) is 6.66. The Balaban J connectivity index is 2.26. The quantitative estimate of drug-likeness (QED) is 0.514. The molecule has 1 aliphatic rings. The molecule has 1 nitrogen and oxygen atoms in total. The molecule has 1 aliphatic heterocycles. The summed E-state index contributed by atoms with van der Waals surface area (Å²) >= 11 is 0. The third-order valence-electron chi connectivity index (χ3n) is 1.91. The van der Waals surface area contributed by atoms with E-state index in [1.807, 2.05) is 6.20 Å². The molecule has 1 saturated heterocycles. The minimum Gasteiger partial charge on any atom is -0.378 e. The number of nitrogens with zero attached hydrogens (tertiary/aromatic N) is 1. The third kappa shape index (κ3) is 1.74. The summed E-state index contributed by atoms with van der Waals surface area (Å²) in [6.07, 6.45) is 4.38. The minimum atomic E-state index is 0.682. The molecule has 0 aliphatic carbocycles. The summed E-state index contributed by atoms with van der Waals surface area (Å²) in [5.74, 6) is 0.682. The second-order valence-corrected chi connectivity index (χ2v) is 2.66. The first-order valence-electron chi connectivity index (χ1n) is 3.52. The molecular formula is C8H14N. The number of rotatable bonds is 1. The normalized spacial score (nSPS) is 22.1. The van der Waals surface area contributed by atoms with Crippen molar-refractivity contribution in [3.05, 3.63) is 19.7 Å². The van der Waals surface area contributed by atoms with Crippen LogP contribution in [0.2, 0.25) is 0 Å². The second-order valence-electron chi connectivity index (χ2n) is 2.66. The van der Waals surface area contributed by atoms with Gasteiger partial charge in [0.2, 0.25) is 0 Å². The fourth-order valence-electron chi connectivity index (χ4n) is 1.14. The molecule has 0 saturated carbocycles. The summed E-state index contributed by atoms with van der Waals surface area (Å²) in [5, 5.41) is 0. The lowest BCUT2D eigenvalue weighted by Crippen LogP contribution is -2.27. The van der Waals surface area contributed by atoms with Crippen molar-refractivity contribution in [3.8, 4) is 0 Å². The van der Waals surface area contributed by atoms with E-state index < -0.39 is 0 Å². The van der Waals surface area contributed by atoms with Crippen molar-refractivity contribution in [2.45, 2.75) is 12.8 Å². The maximum atomic E-state index is 4.01. The Labute approximate surface area is 57.4 Å². The predicted octanol–water partition coefficient (Wildman–Crippen LogP) is 1.68. The monoisotopic (exact) mass is 124 g/mol. The maximum absolute atomic E-state index is 4.01. The van der Waals surface area contributed by atoms with Crippen molar-refractivity contribution < 1.29 is 0 Å². The van der Waals surface area contributed by atoms with Crippen molar-refractivity contribution in [3.63, 3.8) is 0 Å². The number of piperidine rings is 1. The molecule has 1 radical (unpaired) electrons. The van der Waals surface area contributed by atoms with Crippen molar-refractivity contribution in [1.29, 1.82) is 0 Å². The van der Waals surface area contributed by atoms with Crippen molar-refractivity contribution in [1.82, 2.24) is 4.90 Å². The highest BCUT2D eigenvalue weighted by Crippen LogP contribution is 2.14. The van der Waals surface area contributed by atoms with Crippen LogP contribution in [-0.4, -0.2) is 18.0 Å². The van der Waals surface area contributed by atoms with Crippen molar-refractivity contribution in [2.75, 3.05) is 13.1 Å². The summed E-state index contributed by atoms with van der Waals surface area (Å²) in [7, 11) is 0. The van der Waals surface area contributed by atoms with E-state index >= 15 is 0 Å². The molecule has 1 fully saturated rings. The van der Waals surface area contributed by atoms with Crippen LogP contribution in [0.3, 0.4) is 0 Å². The molecule has 0 unspecified atom stereocenters. The Kier molecular flexibility index (Phi) is 2.15. The highest BCUT2D eigenvalue weighted by atomic mass is 15.1. The molecule has 0 bridgehead atoms. The number of hydrogen-bond donors (Lipinski definition) is 0. The van der Waals surface area contributed by atoms with Gasteiger partial charge in [0.05, 0.1) is 0 Å². The largest absolute Gasteiger partial charge is 0.378 e. The second kappa shape index (κ2) is 2.90. The molecule has 0 aromatic carbocycles. The van der Waals surface area contributed by atoms with E-state index in [0.29, 0.717) is 5.92 Å². The molecule has 1 heterocycles. The zero-order valence-corrected chi connectivity index (χ0v) is 5.84. The lowest BCUT2D eigenvalue weighted by Gasteiger charge is -2.28. The third-order valence-corrected chi connectivity index (χ3v) is 1.91. The molecule has 0 aromatic heterocycles. The molecule has 0 aromatic rings. The fraction of sp³-hybridized carbons (Fsp3) is 0.625. The maximum Gasteiger partial charge on any atom is 0.0174 e. The van der Waals surface area contributed by atoms with Crippen LogP contribution < -0.4 is 0 Å². The number of likely N-dealkylation sites (tertiary alicyclic amines) is 1. The summed E-state index contributed by atoms with van der Waals surface area (Å²) in [6.45, 7) is 10.0. The Hall–Kier alpha value is -0.460. The van der Waals surface area contributed by atoms with Crippen LogP contribution in [0.15, 0.2) is 12.8 Å². The van der Waals surface area contributed by atoms with Gasteiger partial charge < -0.3 is 4.90 Å². The zero-order chi connectivity index (χ0) is 6.69. The van der Waals surface area contributed by atoms with Crippen molar-refractivity contribution >= 4 is 0 Å². The molecule has 1 heteroatoms. The Morgan fingerprint density at radius 1 is 1.33 bits per heavy atom. The SMILES string of the molecule is [CH2]C1CCN(C=C)CC1. The molecule has 1 rings (SSSR count). The van der Waals surface area contributed by atoms with E-state index in [9.17, 15) is 0 Å². The van der Waals surface area contributed by atoms with E-state index in [4.69, 9.17) is 0 Å². The average Bonchev–Trinajstić information content (AvgIpc) is 1.90. The average molecular weight is 124 g/mol. The van der Waals surface area contributed by atoms with Crippen LogP contribution in [0.4, 0.5) is 0 Å². The van der Waals surface area contributed by atoms with E-state index in [1.54, 1.807) is 0 Å². The van der Waals surface area contributed by atoms with Gasteiger partial charge in [0.25, 0.3) is 0 Å². The van der Waals surface area contributed by atoms with Gasteiger partial charge >= 0.3 is 0 Å². The fourth-order valence-corrected chi connectivity index (χ4v) is 1.14. The van der Waals surface area contributed by atoms with E-state index in [-0.39, 0.29) is 0 Å². The van der Waals surface area contributed by atoms with Gasteiger partial charge in [-0.2, -0.15) is 0 Å². The summed E-state index contributed by atoms with van der Waals surface area (Å²) in [6, 6.07) is 0. The topological polar surface area (TPSA) is 3.24 Å². The van der Waals surface area contributed by atoms with Gasteiger partial charge in [-0.05, 0) is 25.0 Å². The van der Waals surface area contributed by atoms with E-state index in [2.05, 4.69) is 18.4 Å². The molecule has 0 spiro atoms. The van der Waals surface area contributed by atoms with E-state index in [0.717, 1.165) is 13.1 Å². The van der Waals surface area contributed by atoms with Gasteiger partial charge in [-0.25, -0.2) is 0 Å². The van der Waals surface area contributed by atoms with Crippen molar-refractivity contribution in [2.24, 2.45) is 5.92 Å². The van der Waals surface area contributed by atoms with Crippen LogP contribution in [0, 0.1) is 12.8 Å². The standard InChI is InChI=1S/C8H14N/c1-3-9-6-4-8(2)5-7-9/h3,8H,1-2,4-7H2. The first-order valence-corrected chi connectivity index (χ1v) is 3.52. The molecule has 0 atom stereocenters. The molecule has 0 N–H and O–H groups in total. The lowest BCUT2D eigenvalue weighted by atomic mass is 10.00. The van der Waals surface area contributed by atoms with Gasteiger partial charge in [-0.1, -0.05) is 13.5 Å². The Morgan fingerprint density at radius 3 is 2.33 bits per heavy atom. The Morgan fingerprint density at radius 2 is 1.89 bits per heavy atom. The lowest BCUT2D eigenvalue weighted by molar-refractivity contribution is 0.271. The molecule has 0 amide bonds. The molecule has 51 valence electrons. The minimum absolute atomic E-state index is 0.682. The summed E-state index contributed by atoms with van der Waals surface area (Å²) in [4.78, 5) is 2.25. The summed E-state index contributed by atoms with van der Waals surface area (Å²) < 4.78 is 0. The number of hydrogen-bond acceptors (Lipinski definition) is 1. The molecular weight excluding hydrogens is 110 g/mol. The Bertz CT molecular complexity index is 90.7. The first-order chi connectivity index (χ1) is 4.33. The van der Waals surface area contributed by atoms with Gasteiger partial charge in [0, 0.05) is 13.1 Å². The zero-order valence-electron chi connectivity index (χ0n) is 5.84. The van der Waals surface area contributed by atoms with E-state index in [1.165, 1.54) is 12.8 Å².